The van der Waals surface area contributed by atoms with E-state index in [0.717, 1.165) is 17.7 Å². The number of hydrogen-bond acceptors (Lipinski definition) is 4. The van der Waals surface area contributed by atoms with Gasteiger partial charge in [-0.1, -0.05) is 74.5 Å². The van der Waals surface area contributed by atoms with Crippen LogP contribution >= 0.6 is 0 Å². The highest BCUT2D eigenvalue weighted by Gasteiger charge is 2.15. The molecule has 0 spiro atoms. The topological polar surface area (TPSA) is 72.5 Å². The molecule has 5 heteroatoms. The summed E-state index contributed by atoms with van der Waals surface area (Å²) in [4.78, 5) is 37.0. The maximum Gasteiger partial charge on any atom is 0.338 e. The second kappa shape index (κ2) is 10.3. The van der Waals surface area contributed by atoms with E-state index in [-0.39, 0.29) is 11.3 Å². The summed E-state index contributed by atoms with van der Waals surface area (Å²) in [7, 11) is 0. The molecule has 0 saturated heterocycles. The van der Waals surface area contributed by atoms with E-state index in [4.69, 9.17) is 4.74 Å². The fraction of sp³-hybridized carbons (Fsp3) is 0.192. The first-order valence-corrected chi connectivity index (χ1v) is 10.2. The lowest BCUT2D eigenvalue weighted by atomic mass is 9.97. The lowest BCUT2D eigenvalue weighted by Gasteiger charge is -2.15. The van der Waals surface area contributed by atoms with E-state index in [2.05, 4.69) is 19.2 Å². The van der Waals surface area contributed by atoms with Crippen LogP contribution in [-0.4, -0.2) is 24.3 Å². The Morgan fingerprint density at radius 3 is 2.06 bits per heavy atom. The molecule has 0 bridgehead atoms. The number of carbonyl (C=O) groups excluding carboxylic acids is 3. The van der Waals surface area contributed by atoms with Crippen LogP contribution in [0.3, 0.4) is 0 Å². The molecule has 0 aliphatic heterocycles. The summed E-state index contributed by atoms with van der Waals surface area (Å²) in [5.74, 6) is -0.847. The molecule has 0 radical (unpaired) electrons. The van der Waals surface area contributed by atoms with E-state index in [1.165, 1.54) is 12.1 Å². The van der Waals surface area contributed by atoms with Gasteiger partial charge in [-0.2, -0.15) is 0 Å². The van der Waals surface area contributed by atoms with Crippen molar-refractivity contribution in [2.24, 2.45) is 0 Å². The zero-order valence-electron chi connectivity index (χ0n) is 17.6. The van der Waals surface area contributed by atoms with E-state index in [1.807, 2.05) is 30.3 Å². The number of carbonyl (C=O) groups is 3. The lowest BCUT2D eigenvalue weighted by Crippen LogP contribution is -2.21. The zero-order valence-corrected chi connectivity index (χ0v) is 17.6. The van der Waals surface area contributed by atoms with Crippen molar-refractivity contribution in [1.82, 2.24) is 0 Å². The van der Waals surface area contributed by atoms with Crippen molar-refractivity contribution >= 4 is 23.3 Å². The van der Waals surface area contributed by atoms with Crippen molar-refractivity contribution in [3.63, 3.8) is 0 Å². The number of nitrogens with one attached hydrogen (secondary N) is 1. The molecule has 1 atom stereocenters. The van der Waals surface area contributed by atoms with Crippen molar-refractivity contribution in [2.75, 3.05) is 11.9 Å². The molecular weight excluding hydrogens is 390 g/mol. The average molecular weight is 415 g/mol. The van der Waals surface area contributed by atoms with E-state index in [1.54, 1.807) is 36.4 Å². The largest absolute Gasteiger partial charge is 0.452 e. The molecule has 0 fully saturated rings. The first-order valence-electron chi connectivity index (χ1n) is 10.2. The Morgan fingerprint density at radius 2 is 1.39 bits per heavy atom. The molecule has 31 heavy (non-hydrogen) atoms. The number of hydrogen-bond donors (Lipinski definition) is 1. The minimum atomic E-state index is -0.621. The van der Waals surface area contributed by atoms with Crippen LogP contribution < -0.4 is 5.32 Å². The maximum atomic E-state index is 12.4. The summed E-state index contributed by atoms with van der Waals surface area (Å²) in [5, 5.41) is 2.81. The summed E-state index contributed by atoms with van der Waals surface area (Å²) in [5.41, 5.74) is 3.09. The molecule has 3 aromatic carbocycles. The fourth-order valence-corrected chi connectivity index (χ4v) is 3.18. The Labute approximate surface area is 182 Å². The predicted octanol–water partition coefficient (Wildman–Crippen LogP) is 5.23. The smallest absolute Gasteiger partial charge is 0.338 e. The van der Waals surface area contributed by atoms with Gasteiger partial charge in [0.1, 0.15) is 0 Å². The SMILES string of the molecule is CCC(C)c1ccccc1NC(=O)COC(=O)c1ccc(C(=O)c2ccccc2)cc1. The number of benzene rings is 3. The predicted molar refractivity (Wildman–Crippen MR) is 120 cm³/mol. The summed E-state index contributed by atoms with van der Waals surface area (Å²) in [6.45, 7) is 3.79. The molecule has 5 nitrogen and oxygen atoms in total. The highest BCUT2D eigenvalue weighted by atomic mass is 16.5. The normalized spacial score (nSPS) is 11.4. The van der Waals surface area contributed by atoms with Gasteiger partial charge in [0.15, 0.2) is 12.4 Å². The van der Waals surface area contributed by atoms with E-state index < -0.39 is 18.5 Å². The first kappa shape index (κ1) is 22.0. The van der Waals surface area contributed by atoms with Crippen molar-refractivity contribution < 1.29 is 19.1 Å². The van der Waals surface area contributed by atoms with Gasteiger partial charge in [-0.3, -0.25) is 9.59 Å². The van der Waals surface area contributed by atoms with E-state index >= 15 is 0 Å². The molecule has 3 aromatic rings. The first-order chi connectivity index (χ1) is 15.0. The standard InChI is InChI=1S/C26H25NO4/c1-3-18(2)22-11-7-8-12-23(22)27-24(28)17-31-26(30)21-15-13-20(14-16-21)25(29)19-9-5-4-6-10-19/h4-16,18H,3,17H2,1-2H3,(H,27,28). The molecule has 1 unspecified atom stereocenters. The lowest BCUT2D eigenvalue weighted by molar-refractivity contribution is -0.119. The van der Waals surface area contributed by atoms with Crippen molar-refractivity contribution in [3.8, 4) is 0 Å². The number of esters is 1. The quantitative estimate of drug-likeness (QED) is 0.404. The van der Waals surface area contributed by atoms with Crippen molar-refractivity contribution in [3.05, 3.63) is 101 Å². The van der Waals surface area contributed by atoms with Crippen LogP contribution in [0.25, 0.3) is 0 Å². The number of rotatable bonds is 8. The highest BCUT2D eigenvalue weighted by molar-refractivity contribution is 6.09. The monoisotopic (exact) mass is 415 g/mol. The second-order valence-corrected chi connectivity index (χ2v) is 7.29. The summed E-state index contributed by atoms with van der Waals surface area (Å²) in [6, 6.07) is 22.7. The van der Waals surface area contributed by atoms with Gasteiger partial charge in [0.05, 0.1) is 5.56 Å². The molecule has 0 aliphatic carbocycles. The van der Waals surface area contributed by atoms with E-state index in [9.17, 15) is 14.4 Å². The number of anilines is 1. The number of para-hydroxylation sites is 1. The van der Waals surface area contributed by atoms with Crippen LogP contribution in [0.2, 0.25) is 0 Å². The summed E-state index contributed by atoms with van der Waals surface area (Å²) < 4.78 is 5.14. The van der Waals surface area contributed by atoms with Gasteiger partial charge >= 0.3 is 5.97 Å². The molecule has 158 valence electrons. The van der Waals surface area contributed by atoms with Crippen LogP contribution in [0, 0.1) is 0 Å². The van der Waals surface area contributed by atoms with Gasteiger partial charge in [0.25, 0.3) is 5.91 Å². The second-order valence-electron chi connectivity index (χ2n) is 7.29. The van der Waals surface area contributed by atoms with Crippen LogP contribution in [0.15, 0.2) is 78.9 Å². The van der Waals surface area contributed by atoms with Crippen molar-refractivity contribution in [2.45, 2.75) is 26.2 Å². The number of amides is 1. The minimum absolute atomic E-state index is 0.125. The Kier molecular flexibility index (Phi) is 7.33. The molecule has 1 N–H and O–H groups in total. The molecule has 0 aromatic heterocycles. The van der Waals surface area contributed by atoms with Crippen LogP contribution in [0.1, 0.15) is 58.0 Å². The molecule has 1 amide bonds. The molecule has 0 heterocycles. The van der Waals surface area contributed by atoms with Crippen molar-refractivity contribution in [1.29, 1.82) is 0 Å². The third-order valence-electron chi connectivity index (χ3n) is 5.13. The van der Waals surface area contributed by atoms with Gasteiger partial charge in [0, 0.05) is 16.8 Å². The van der Waals surface area contributed by atoms with Gasteiger partial charge in [-0.25, -0.2) is 4.79 Å². The maximum absolute atomic E-state index is 12.4. The Bertz CT molecular complexity index is 1060. The van der Waals surface area contributed by atoms with Gasteiger partial charge < -0.3 is 10.1 Å². The summed E-state index contributed by atoms with van der Waals surface area (Å²) in [6.07, 6.45) is 0.949. The Hall–Kier alpha value is -3.73. The molecular formula is C26H25NO4. The molecule has 0 saturated carbocycles. The Morgan fingerprint density at radius 1 is 0.806 bits per heavy atom. The number of ether oxygens (including phenoxy) is 1. The van der Waals surface area contributed by atoms with Crippen LogP contribution in [0.4, 0.5) is 5.69 Å². The molecule has 3 rings (SSSR count). The fourth-order valence-electron chi connectivity index (χ4n) is 3.18. The zero-order chi connectivity index (χ0) is 22.2. The summed E-state index contributed by atoms with van der Waals surface area (Å²) >= 11 is 0. The van der Waals surface area contributed by atoms with Gasteiger partial charge in [-0.05, 0) is 36.1 Å². The third kappa shape index (κ3) is 5.66. The van der Waals surface area contributed by atoms with Crippen LogP contribution in [-0.2, 0) is 9.53 Å². The average Bonchev–Trinajstić information content (AvgIpc) is 2.82. The number of ketones is 1. The van der Waals surface area contributed by atoms with Crippen LogP contribution in [0.5, 0.6) is 0 Å². The highest BCUT2D eigenvalue weighted by Crippen LogP contribution is 2.26. The van der Waals surface area contributed by atoms with Gasteiger partial charge in [0.2, 0.25) is 0 Å². The third-order valence-corrected chi connectivity index (χ3v) is 5.13. The molecule has 0 aliphatic rings. The van der Waals surface area contributed by atoms with Gasteiger partial charge in [-0.15, -0.1) is 0 Å². The minimum Gasteiger partial charge on any atom is -0.452 e. The van der Waals surface area contributed by atoms with E-state index in [0.29, 0.717) is 17.0 Å². The Balaban J connectivity index is 1.57.